The van der Waals surface area contributed by atoms with Crippen LogP contribution >= 0.6 is 22.7 Å². The number of amides is 1. The number of rotatable bonds is 3. The highest BCUT2D eigenvalue weighted by Crippen LogP contribution is 2.26. The highest BCUT2D eigenvalue weighted by Gasteiger charge is 2.18. The van der Waals surface area contributed by atoms with E-state index in [0.29, 0.717) is 11.7 Å². The maximum atomic E-state index is 12.2. The molecule has 0 atom stereocenters. The van der Waals surface area contributed by atoms with E-state index >= 15 is 0 Å². The molecule has 1 N–H and O–H groups in total. The zero-order chi connectivity index (χ0) is 13.8. The van der Waals surface area contributed by atoms with Crippen LogP contribution in [0.15, 0.2) is 22.2 Å². The zero-order valence-electron chi connectivity index (χ0n) is 11.3. The molecule has 1 saturated carbocycles. The fourth-order valence-corrected chi connectivity index (χ4v) is 4.09. The van der Waals surface area contributed by atoms with Gasteiger partial charge in [0.15, 0.2) is 0 Å². The van der Waals surface area contributed by atoms with Crippen LogP contribution in [0.3, 0.4) is 0 Å². The first kappa shape index (κ1) is 13.8. The monoisotopic (exact) mass is 306 g/mol. The number of hydrogen-bond donors (Lipinski definition) is 1. The maximum Gasteiger partial charge on any atom is 0.270 e. The molecule has 0 unspecified atom stereocenters. The Morgan fingerprint density at radius 3 is 2.70 bits per heavy atom. The van der Waals surface area contributed by atoms with Gasteiger partial charge in [0.2, 0.25) is 0 Å². The quantitative estimate of drug-likeness (QED) is 0.858. The minimum absolute atomic E-state index is 0.0189. The van der Waals surface area contributed by atoms with Crippen LogP contribution in [0.5, 0.6) is 0 Å². The van der Waals surface area contributed by atoms with Gasteiger partial charge in [0, 0.05) is 22.4 Å². The largest absolute Gasteiger partial charge is 0.348 e. The van der Waals surface area contributed by atoms with Crippen LogP contribution in [0.4, 0.5) is 0 Å². The van der Waals surface area contributed by atoms with Gasteiger partial charge < -0.3 is 5.32 Å². The van der Waals surface area contributed by atoms with Gasteiger partial charge in [0.25, 0.3) is 5.91 Å². The smallest absolute Gasteiger partial charge is 0.270 e. The van der Waals surface area contributed by atoms with Gasteiger partial charge in [-0.25, -0.2) is 4.98 Å². The summed E-state index contributed by atoms with van der Waals surface area (Å²) in [6.45, 7) is 0. The molecular formula is C15H18N2OS2. The Morgan fingerprint density at radius 1 is 1.20 bits per heavy atom. The summed E-state index contributed by atoms with van der Waals surface area (Å²) in [5.41, 5.74) is 1.66. The molecule has 106 valence electrons. The van der Waals surface area contributed by atoms with E-state index in [9.17, 15) is 4.79 Å². The summed E-state index contributed by atoms with van der Waals surface area (Å²) in [7, 11) is 0. The average Bonchev–Trinajstić information content (AvgIpc) is 3.07. The van der Waals surface area contributed by atoms with E-state index in [1.165, 1.54) is 37.0 Å². The van der Waals surface area contributed by atoms with Crippen LogP contribution in [0.1, 0.15) is 49.0 Å². The lowest BCUT2D eigenvalue weighted by Crippen LogP contribution is -2.34. The highest BCUT2D eigenvalue weighted by atomic mass is 32.1. The van der Waals surface area contributed by atoms with Crippen molar-refractivity contribution in [3.05, 3.63) is 27.9 Å². The standard InChI is InChI=1S/C15H18N2OS2/c18-14(16-12-5-3-1-2-4-6-12)13-10-20-15(17-13)11-7-8-19-9-11/h7-10,12H,1-6H2,(H,16,18). The Balaban J connectivity index is 1.65. The molecule has 1 aliphatic carbocycles. The van der Waals surface area contributed by atoms with Gasteiger partial charge in [-0.2, -0.15) is 11.3 Å². The van der Waals surface area contributed by atoms with Crippen molar-refractivity contribution < 1.29 is 4.79 Å². The summed E-state index contributed by atoms with van der Waals surface area (Å²) in [4.78, 5) is 16.7. The van der Waals surface area contributed by atoms with E-state index < -0.39 is 0 Å². The van der Waals surface area contributed by atoms with Crippen LogP contribution < -0.4 is 5.32 Å². The molecule has 0 aliphatic heterocycles. The molecule has 0 bridgehead atoms. The number of hydrogen-bond acceptors (Lipinski definition) is 4. The second-order valence-electron chi connectivity index (χ2n) is 5.21. The number of nitrogens with one attached hydrogen (secondary N) is 1. The number of thiophene rings is 1. The van der Waals surface area contributed by atoms with Crippen molar-refractivity contribution in [1.82, 2.24) is 10.3 Å². The third-order valence-electron chi connectivity index (χ3n) is 3.70. The zero-order valence-corrected chi connectivity index (χ0v) is 12.9. The van der Waals surface area contributed by atoms with E-state index in [-0.39, 0.29) is 5.91 Å². The Kier molecular flexibility index (Phi) is 4.47. The minimum Gasteiger partial charge on any atom is -0.348 e. The van der Waals surface area contributed by atoms with Crippen molar-refractivity contribution in [2.75, 3.05) is 0 Å². The Hall–Kier alpha value is -1.20. The van der Waals surface area contributed by atoms with Crippen LogP contribution in [0, 0.1) is 0 Å². The van der Waals surface area contributed by atoms with Gasteiger partial charge in [-0.1, -0.05) is 25.7 Å². The van der Waals surface area contributed by atoms with Gasteiger partial charge in [-0.15, -0.1) is 11.3 Å². The third-order valence-corrected chi connectivity index (χ3v) is 5.27. The summed E-state index contributed by atoms with van der Waals surface area (Å²) in [6, 6.07) is 2.37. The van der Waals surface area contributed by atoms with Crippen LogP contribution in [-0.2, 0) is 0 Å². The molecule has 1 amide bonds. The van der Waals surface area contributed by atoms with Crippen molar-refractivity contribution in [2.45, 2.75) is 44.6 Å². The molecule has 0 radical (unpaired) electrons. The molecule has 1 fully saturated rings. The van der Waals surface area contributed by atoms with E-state index in [4.69, 9.17) is 0 Å². The lowest BCUT2D eigenvalue weighted by molar-refractivity contribution is 0.0929. The van der Waals surface area contributed by atoms with Crippen LogP contribution in [0.25, 0.3) is 10.6 Å². The molecule has 1 aliphatic rings. The molecular weight excluding hydrogens is 288 g/mol. The minimum atomic E-state index is -0.0189. The van der Waals surface area contributed by atoms with E-state index in [2.05, 4.69) is 15.7 Å². The molecule has 0 spiro atoms. The summed E-state index contributed by atoms with van der Waals surface area (Å²) in [6.07, 6.45) is 7.25. The second kappa shape index (κ2) is 6.50. The van der Waals surface area contributed by atoms with Crippen molar-refractivity contribution >= 4 is 28.6 Å². The molecule has 0 saturated heterocycles. The molecule has 0 aromatic carbocycles. The molecule has 2 aromatic heterocycles. The predicted molar refractivity (Wildman–Crippen MR) is 84.4 cm³/mol. The average molecular weight is 306 g/mol. The van der Waals surface area contributed by atoms with Crippen LogP contribution in [0.2, 0.25) is 0 Å². The SMILES string of the molecule is O=C(NC1CCCCCC1)c1csc(-c2ccsc2)n1. The van der Waals surface area contributed by atoms with Crippen molar-refractivity contribution in [1.29, 1.82) is 0 Å². The van der Waals surface area contributed by atoms with Gasteiger partial charge in [0.1, 0.15) is 10.7 Å². The van der Waals surface area contributed by atoms with Gasteiger partial charge in [0.05, 0.1) is 0 Å². The molecule has 2 aromatic rings. The van der Waals surface area contributed by atoms with Crippen molar-refractivity contribution in [3.63, 3.8) is 0 Å². The van der Waals surface area contributed by atoms with Crippen molar-refractivity contribution in [2.24, 2.45) is 0 Å². The fraction of sp³-hybridized carbons (Fsp3) is 0.467. The van der Waals surface area contributed by atoms with Gasteiger partial charge in [-0.3, -0.25) is 4.79 Å². The second-order valence-corrected chi connectivity index (χ2v) is 6.85. The first-order valence-electron chi connectivity index (χ1n) is 7.12. The third kappa shape index (κ3) is 3.27. The summed E-state index contributed by atoms with van der Waals surface area (Å²) in [5.74, 6) is -0.0189. The van der Waals surface area contributed by atoms with Crippen molar-refractivity contribution in [3.8, 4) is 10.6 Å². The highest BCUT2D eigenvalue weighted by molar-refractivity contribution is 7.14. The number of nitrogens with zero attached hydrogens (tertiary/aromatic N) is 1. The van der Waals surface area contributed by atoms with Crippen LogP contribution in [-0.4, -0.2) is 16.9 Å². The van der Waals surface area contributed by atoms with Gasteiger partial charge in [-0.05, 0) is 24.3 Å². The topological polar surface area (TPSA) is 42.0 Å². The molecule has 20 heavy (non-hydrogen) atoms. The van der Waals surface area contributed by atoms with E-state index in [1.54, 1.807) is 11.3 Å². The normalized spacial score (nSPS) is 16.8. The lowest BCUT2D eigenvalue weighted by atomic mass is 10.1. The Morgan fingerprint density at radius 2 is 2.00 bits per heavy atom. The molecule has 5 heteroatoms. The fourth-order valence-electron chi connectivity index (χ4n) is 2.58. The number of thiazole rings is 1. The van der Waals surface area contributed by atoms with Gasteiger partial charge >= 0.3 is 0 Å². The number of carbonyl (C=O) groups is 1. The number of carbonyl (C=O) groups excluding carboxylic acids is 1. The first-order valence-corrected chi connectivity index (χ1v) is 8.94. The Labute approximate surface area is 127 Å². The lowest BCUT2D eigenvalue weighted by Gasteiger charge is -2.15. The summed E-state index contributed by atoms with van der Waals surface area (Å²) >= 11 is 3.19. The predicted octanol–water partition coefficient (Wildman–Crippen LogP) is 4.32. The molecule has 3 nitrogen and oxygen atoms in total. The van der Waals surface area contributed by atoms with E-state index in [1.807, 2.05) is 16.8 Å². The van der Waals surface area contributed by atoms with E-state index in [0.717, 1.165) is 23.4 Å². The Bertz CT molecular complexity index is 554. The summed E-state index contributed by atoms with van der Waals surface area (Å²) in [5, 5.41) is 10.0. The number of aromatic nitrogens is 1. The molecule has 2 heterocycles. The first-order chi connectivity index (χ1) is 9.83. The maximum absolute atomic E-state index is 12.2. The molecule has 3 rings (SSSR count). The summed E-state index contributed by atoms with van der Waals surface area (Å²) < 4.78 is 0.